The van der Waals surface area contributed by atoms with Gasteiger partial charge < -0.3 is 16.0 Å². The number of Topliss-reactive ketones (excluding diaryl/α,β-unsaturated/α-hetero) is 1. The fourth-order valence-electron chi connectivity index (χ4n) is 4.22. The van der Waals surface area contributed by atoms with E-state index in [0.29, 0.717) is 6.42 Å². The van der Waals surface area contributed by atoms with E-state index in [1.165, 1.54) is 4.90 Å². The van der Waals surface area contributed by atoms with E-state index in [4.69, 9.17) is 5.73 Å². The second-order valence-corrected chi connectivity index (χ2v) is 8.24. The van der Waals surface area contributed by atoms with Crippen LogP contribution in [0, 0.1) is 0 Å². The number of hydrogen-bond donors (Lipinski definition) is 2. The Morgan fingerprint density at radius 1 is 0.939 bits per heavy atom. The molecule has 0 aliphatic carbocycles. The highest BCUT2D eigenvalue weighted by molar-refractivity contribution is 6.37. The highest BCUT2D eigenvalue weighted by Crippen LogP contribution is 2.22. The Hall–Kier alpha value is -4.00. The monoisotopic (exact) mass is 443 g/mol. The Balaban J connectivity index is 1.72. The van der Waals surface area contributed by atoms with Gasteiger partial charge in [0.15, 0.2) is 0 Å². The second-order valence-electron chi connectivity index (χ2n) is 8.24. The van der Waals surface area contributed by atoms with Crippen molar-refractivity contribution in [2.24, 2.45) is 5.73 Å². The van der Waals surface area contributed by atoms with Gasteiger partial charge in [-0.05, 0) is 34.4 Å². The summed E-state index contributed by atoms with van der Waals surface area (Å²) in [5.41, 5.74) is 6.98. The van der Waals surface area contributed by atoms with Gasteiger partial charge in [0.05, 0.1) is 0 Å². The first kappa shape index (κ1) is 22.2. The maximum atomic E-state index is 13.5. The molecule has 0 aromatic heterocycles. The fourth-order valence-corrected chi connectivity index (χ4v) is 4.22. The SMILES string of the molecule is NC(=O)C(=O)C(Cc1ccccc1)N(Cc1ccc2ccccc2c1)C(=O)[C@H]1CCC(=O)N1. The van der Waals surface area contributed by atoms with Gasteiger partial charge in [-0.2, -0.15) is 0 Å². The van der Waals surface area contributed by atoms with Gasteiger partial charge in [0.1, 0.15) is 12.1 Å². The van der Waals surface area contributed by atoms with Crippen LogP contribution in [0.2, 0.25) is 0 Å². The highest BCUT2D eigenvalue weighted by atomic mass is 16.2. The summed E-state index contributed by atoms with van der Waals surface area (Å²) in [6, 6.07) is 21.0. The van der Waals surface area contributed by atoms with Crippen LogP contribution >= 0.6 is 0 Å². The molecule has 0 spiro atoms. The summed E-state index contributed by atoms with van der Waals surface area (Å²) < 4.78 is 0. The highest BCUT2D eigenvalue weighted by Gasteiger charge is 2.38. The molecule has 1 fully saturated rings. The van der Waals surface area contributed by atoms with Crippen molar-refractivity contribution in [2.75, 3.05) is 0 Å². The van der Waals surface area contributed by atoms with Crippen molar-refractivity contribution >= 4 is 34.3 Å². The number of carbonyl (C=O) groups excluding carboxylic acids is 4. The molecule has 1 aliphatic heterocycles. The van der Waals surface area contributed by atoms with Crippen molar-refractivity contribution in [3.8, 4) is 0 Å². The van der Waals surface area contributed by atoms with Gasteiger partial charge in [0.2, 0.25) is 17.6 Å². The van der Waals surface area contributed by atoms with Gasteiger partial charge in [-0.25, -0.2) is 0 Å². The number of nitrogens with one attached hydrogen (secondary N) is 1. The molecule has 3 N–H and O–H groups in total. The molecule has 7 heteroatoms. The lowest BCUT2D eigenvalue weighted by atomic mass is 9.98. The number of amides is 3. The summed E-state index contributed by atoms with van der Waals surface area (Å²) in [6.07, 6.45) is 0.727. The topological polar surface area (TPSA) is 110 Å². The number of ketones is 1. The van der Waals surface area contributed by atoms with E-state index in [1.54, 1.807) is 0 Å². The maximum absolute atomic E-state index is 13.5. The quantitative estimate of drug-likeness (QED) is 0.520. The molecule has 1 aliphatic rings. The summed E-state index contributed by atoms with van der Waals surface area (Å²) >= 11 is 0. The molecule has 3 aromatic rings. The number of nitrogens with two attached hydrogens (primary N) is 1. The van der Waals surface area contributed by atoms with E-state index >= 15 is 0 Å². The van der Waals surface area contributed by atoms with E-state index in [-0.39, 0.29) is 25.3 Å². The lowest BCUT2D eigenvalue weighted by Gasteiger charge is -2.32. The van der Waals surface area contributed by atoms with Gasteiger partial charge in [-0.3, -0.25) is 19.2 Å². The van der Waals surface area contributed by atoms with Gasteiger partial charge >= 0.3 is 0 Å². The largest absolute Gasteiger partial charge is 0.363 e. The molecule has 7 nitrogen and oxygen atoms in total. The van der Waals surface area contributed by atoms with E-state index in [2.05, 4.69) is 5.32 Å². The fraction of sp³-hybridized carbons (Fsp3) is 0.231. The Morgan fingerprint density at radius 3 is 2.30 bits per heavy atom. The third-order valence-corrected chi connectivity index (χ3v) is 5.94. The first-order valence-electron chi connectivity index (χ1n) is 10.9. The minimum Gasteiger partial charge on any atom is -0.363 e. The van der Waals surface area contributed by atoms with Crippen LogP contribution in [0.5, 0.6) is 0 Å². The van der Waals surface area contributed by atoms with Crippen molar-refractivity contribution in [3.63, 3.8) is 0 Å². The Kier molecular flexibility index (Phi) is 6.49. The van der Waals surface area contributed by atoms with Crippen LogP contribution in [-0.4, -0.2) is 40.5 Å². The van der Waals surface area contributed by atoms with Crippen molar-refractivity contribution in [2.45, 2.75) is 37.9 Å². The number of hydrogen-bond acceptors (Lipinski definition) is 4. The number of benzene rings is 3. The third kappa shape index (κ3) is 5.09. The van der Waals surface area contributed by atoms with Crippen molar-refractivity contribution < 1.29 is 19.2 Å². The molecule has 1 saturated heterocycles. The normalized spacial score (nSPS) is 16.2. The summed E-state index contributed by atoms with van der Waals surface area (Å²) in [5, 5.41) is 4.73. The molecule has 0 bridgehead atoms. The molecule has 0 saturated carbocycles. The zero-order valence-electron chi connectivity index (χ0n) is 18.1. The predicted octanol–water partition coefficient (Wildman–Crippen LogP) is 2.11. The maximum Gasteiger partial charge on any atom is 0.287 e. The molecule has 33 heavy (non-hydrogen) atoms. The molecular weight excluding hydrogens is 418 g/mol. The van der Waals surface area contributed by atoms with E-state index < -0.39 is 29.7 Å². The Labute approximate surface area is 191 Å². The Bertz CT molecular complexity index is 1210. The summed E-state index contributed by atoms with van der Waals surface area (Å²) in [6.45, 7) is 0.104. The number of primary amides is 1. The molecule has 0 radical (unpaired) electrons. The van der Waals surface area contributed by atoms with Crippen LogP contribution in [0.3, 0.4) is 0 Å². The third-order valence-electron chi connectivity index (χ3n) is 5.94. The zero-order valence-corrected chi connectivity index (χ0v) is 18.1. The van der Waals surface area contributed by atoms with Gasteiger partial charge in [-0.1, -0.05) is 66.7 Å². The Morgan fingerprint density at radius 2 is 1.64 bits per heavy atom. The lowest BCUT2D eigenvalue weighted by molar-refractivity contribution is -0.146. The molecular formula is C26H25N3O4. The first-order valence-corrected chi connectivity index (χ1v) is 10.9. The zero-order chi connectivity index (χ0) is 23.4. The number of nitrogens with zero attached hydrogens (tertiary/aromatic N) is 1. The van der Waals surface area contributed by atoms with E-state index in [9.17, 15) is 19.2 Å². The number of fused-ring (bicyclic) bond motifs is 1. The average Bonchev–Trinajstić information content (AvgIpc) is 3.27. The molecule has 2 atom stereocenters. The van der Waals surface area contributed by atoms with Crippen LogP contribution in [0.15, 0.2) is 72.8 Å². The standard InChI is InChI=1S/C26H25N3O4/c27-25(32)24(31)22(15-17-6-2-1-3-7-17)29(26(33)21-12-13-23(30)28-21)16-18-10-11-19-8-4-5-9-20(19)14-18/h1-11,14,21-22H,12-13,15-16H2,(H2,27,32)(H,28,30)/t21-,22?/m1/s1. The summed E-state index contributed by atoms with van der Waals surface area (Å²) in [5.74, 6) is -2.54. The van der Waals surface area contributed by atoms with Crippen molar-refractivity contribution in [1.82, 2.24) is 10.2 Å². The number of rotatable bonds is 8. The van der Waals surface area contributed by atoms with Crippen molar-refractivity contribution in [3.05, 3.63) is 83.9 Å². The van der Waals surface area contributed by atoms with Crippen LogP contribution in [-0.2, 0) is 32.1 Å². The predicted molar refractivity (Wildman–Crippen MR) is 124 cm³/mol. The van der Waals surface area contributed by atoms with E-state index in [0.717, 1.165) is 21.9 Å². The average molecular weight is 444 g/mol. The molecule has 4 rings (SSSR count). The molecule has 3 aromatic carbocycles. The van der Waals surface area contributed by atoms with Crippen LogP contribution < -0.4 is 11.1 Å². The second kappa shape index (κ2) is 9.65. The van der Waals surface area contributed by atoms with Crippen LogP contribution in [0.1, 0.15) is 24.0 Å². The minimum atomic E-state index is -1.09. The van der Waals surface area contributed by atoms with E-state index in [1.807, 2.05) is 72.8 Å². The smallest absolute Gasteiger partial charge is 0.287 e. The summed E-state index contributed by atoms with van der Waals surface area (Å²) in [7, 11) is 0. The van der Waals surface area contributed by atoms with Crippen molar-refractivity contribution in [1.29, 1.82) is 0 Å². The van der Waals surface area contributed by atoms with Gasteiger partial charge in [-0.15, -0.1) is 0 Å². The first-order chi connectivity index (χ1) is 15.9. The number of carbonyl (C=O) groups is 4. The lowest BCUT2D eigenvalue weighted by Crippen LogP contribution is -2.54. The van der Waals surface area contributed by atoms with Gasteiger partial charge in [0.25, 0.3) is 5.91 Å². The van der Waals surface area contributed by atoms with Crippen LogP contribution in [0.4, 0.5) is 0 Å². The summed E-state index contributed by atoms with van der Waals surface area (Å²) in [4.78, 5) is 51.5. The molecule has 1 unspecified atom stereocenters. The van der Waals surface area contributed by atoms with Crippen LogP contribution in [0.25, 0.3) is 10.8 Å². The molecule has 3 amide bonds. The molecule has 1 heterocycles. The minimum absolute atomic E-state index is 0.104. The van der Waals surface area contributed by atoms with Gasteiger partial charge in [0, 0.05) is 19.4 Å². The molecule has 168 valence electrons.